The van der Waals surface area contributed by atoms with E-state index >= 15 is 0 Å². The van der Waals surface area contributed by atoms with Crippen LogP contribution in [0.5, 0.6) is 0 Å². The number of fused-ring (bicyclic) bond motifs is 2. The van der Waals surface area contributed by atoms with Crippen molar-refractivity contribution in [1.29, 1.82) is 0 Å². The summed E-state index contributed by atoms with van der Waals surface area (Å²) >= 11 is 3.45. The van der Waals surface area contributed by atoms with Crippen LogP contribution >= 0.6 is 15.9 Å². The number of halogens is 1. The summed E-state index contributed by atoms with van der Waals surface area (Å²) in [7, 11) is 0. The molecule has 0 bridgehead atoms. The lowest BCUT2D eigenvalue weighted by Gasteiger charge is -2.21. The lowest BCUT2D eigenvalue weighted by molar-refractivity contribution is -0.129. The first-order valence-corrected chi connectivity index (χ1v) is 8.22. The smallest absolute Gasteiger partial charge is 0.262 e. The summed E-state index contributed by atoms with van der Waals surface area (Å²) in [6.45, 7) is 0.601. The van der Waals surface area contributed by atoms with Crippen LogP contribution in [0.1, 0.15) is 5.56 Å². The topological polar surface area (TPSA) is 49.7 Å². The van der Waals surface area contributed by atoms with Crippen molar-refractivity contribution in [1.82, 2.24) is 0 Å². The van der Waals surface area contributed by atoms with E-state index in [1.54, 1.807) is 17.0 Å². The average Bonchev–Trinajstić information content (AvgIpc) is 2.96. The van der Waals surface area contributed by atoms with Crippen molar-refractivity contribution in [3.05, 3.63) is 63.1 Å². The van der Waals surface area contributed by atoms with Crippen LogP contribution < -0.4 is 15.5 Å². The number of carbonyl (C=O) groups excluding carboxylic acids is 2. The van der Waals surface area contributed by atoms with Gasteiger partial charge < -0.3 is 4.90 Å². The van der Waals surface area contributed by atoms with Crippen LogP contribution in [0, 0.1) is 5.92 Å². The molecule has 2 aliphatic heterocycles. The SMILES string of the molecule is O=C1N=c2ccccc2=CC1C(=O)N1CCc2cc(Br)ccc21. The van der Waals surface area contributed by atoms with E-state index in [2.05, 4.69) is 20.9 Å². The van der Waals surface area contributed by atoms with E-state index in [1.165, 1.54) is 0 Å². The van der Waals surface area contributed by atoms with E-state index in [1.807, 2.05) is 36.4 Å². The Morgan fingerprint density at radius 2 is 2.04 bits per heavy atom. The first-order chi connectivity index (χ1) is 11.1. The van der Waals surface area contributed by atoms with E-state index in [0.29, 0.717) is 11.9 Å². The summed E-state index contributed by atoms with van der Waals surface area (Å²) in [4.78, 5) is 30.9. The van der Waals surface area contributed by atoms with Crippen LogP contribution in [0.25, 0.3) is 6.08 Å². The number of para-hydroxylation sites is 1. The number of nitrogens with zero attached hydrogens (tertiary/aromatic N) is 2. The number of rotatable bonds is 1. The highest BCUT2D eigenvalue weighted by Crippen LogP contribution is 2.31. The van der Waals surface area contributed by atoms with Crippen LogP contribution in [0.15, 0.2) is 51.9 Å². The summed E-state index contributed by atoms with van der Waals surface area (Å²) in [5, 5.41) is 1.47. The van der Waals surface area contributed by atoms with Gasteiger partial charge in [0, 0.05) is 16.7 Å². The van der Waals surface area contributed by atoms with Crippen molar-refractivity contribution in [2.24, 2.45) is 10.9 Å². The Labute approximate surface area is 141 Å². The molecule has 0 fully saturated rings. The van der Waals surface area contributed by atoms with Gasteiger partial charge in [0.25, 0.3) is 5.91 Å². The molecule has 0 aliphatic carbocycles. The molecular weight excluding hydrogens is 356 g/mol. The summed E-state index contributed by atoms with van der Waals surface area (Å²) in [6.07, 6.45) is 2.53. The molecule has 0 N–H and O–H groups in total. The molecule has 0 saturated carbocycles. The summed E-state index contributed by atoms with van der Waals surface area (Å²) in [5.74, 6) is -1.42. The Balaban J connectivity index is 1.72. The zero-order chi connectivity index (χ0) is 16.0. The fourth-order valence-electron chi connectivity index (χ4n) is 3.11. The highest BCUT2D eigenvalue weighted by molar-refractivity contribution is 9.10. The molecule has 0 spiro atoms. The van der Waals surface area contributed by atoms with Crippen molar-refractivity contribution in [3.8, 4) is 0 Å². The second-order valence-electron chi connectivity index (χ2n) is 5.67. The second-order valence-corrected chi connectivity index (χ2v) is 6.58. The zero-order valence-electron chi connectivity index (χ0n) is 12.2. The molecule has 1 atom stereocenters. The number of hydrogen-bond donors (Lipinski definition) is 0. The van der Waals surface area contributed by atoms with Gasteiger partial charge in [0.05, 0.1) is 5.36 Å². The number of carbonyl (C=O) groups is 2. The third-order valence-electron chi connectivity index (χ3n) is 4.25. The fraction of sp³-hybridized carbons (Fsp3) is 0.167. The van der Waals surface area contributed by atoms with E-state index in [9.17, 15) is 9.59 Å². The predicted octanol–water partition coefficient (Wildman–Crippen LogP) is 1.59. The molecule has 2 amide bonds. The largest absolute Gasteiger partial charge is 0.311 e. The van der Waals surface area contributed by atoms with E-state index in [4.69, 9.17) is 0 Å². The Morgan fingerprint density at radius 3 is 2.91 bits per heavy atom. The predicted molar refractivity (Wildman–Crippen MR) is 90.4 cm³/mol. The van der Waals surface area contributed by atoms with Gasteiger partial charge in [-0.25, -0.2) is 4.99 Å². The van der Waals surface area contributed by atoms with Gasteiger partial charge in [-0.15, -0.1) is 0 Å². The van der Waals surface area contributed by atoms with Gasteiger partial charge in [0.2, 0.25) is 5.91 Å². The van der Waals surface area contributed by atoms with Gasteiger partial charge in [-0.05, 0) is 41.5 Å². The summed E-state index contributed by atoms with van der Waals surface area (Å²) in [6, 6.07) is 13.2. The van der Waals surface area contributed by atoms with Crippen LogP contribution in [0.4, 0.5) is 5.69 Å². The number of amides is 2. The number of benzene rings is 2. The molecule has 0 radical (unpaired) electrons. The average molecular weight is 369 g/mol. The molecule has 2 heterocycles. The minimum atomic E-state index is -0.834. The normalized spacial score (nSPS) is 18.7. The quantitative estimate of drug-likeness (QED) is 0.717. The molecule has 2 aliphatic rings. The standard InChI is InChI=1S/C18H13BrN2O2/c19-13-5-6-16-12(9-13)7-8-21(16)18(23)14-10-11-3-1-2-4-15(11)20-17(14)22/h1-6,9-10,14H,7-8H2. The zero-order valence-corrected chi connectivity index (χ0v) is 13.8. The molecule has 2 aromatic carbocycles. The molecule has 0 aromatic heterocycles. The molecule has 0 saturated heterocycles. The maximum Gasteiger partial charge on any atom is 0.262 e. The van der Waals surface area contributed by atoms with Crippen LogP contribution in [-0.2, 0) is 16.0 Å². The van der Waals surface area contributed by atoms with E-state index in [0.717, 1.165) is 27.4 Å². The molecule has 5 heteroatoms. The number of anilines is 1. The van der Waals surface area contributed by atoms with Crippen molar-refractivity contribution < 1.29 is 9.59 Å². The van der Waals surface area contributed by atoms with Gasteiger partial charge in [-0.1, -0.05) is 40.2 Å². The van der Waals surface area contributed by atoms with Crippen molar-refractivity contribution in [2.45, 2.75) is 6.42 Å². The molecule has 1 unspecified atom stereocenters. The fourth-order valence-corrected chi connectivity index (χ4v) is 3.52. The van der Waals surface area contributed by atoms with E-state index in [-0.39, 0.29) is 11.8 Å². The molecule has 4 rings (SSSR count). The molecule has 114 valence electrons. The summed E-state index contributed by atoms with van der Waals surface area (Å²) in [5.41, 5.74) is 2.01. The van der Waals surface area contributed by atoms with Crippen LogP contribution in [0.2, 0.25) is 0 Å². The van der Waals surface area contributed by atoms with Gasteiger partial charge in [-0.2, -0.15) is 0 Å². The van der Waals surface area contributed by atoms with Crippen molar-refractivity contribution >= 4 is 39.5 Å². The monoisotopic (exact) mass is 368 g/mol. The van der Waals surface area contributed by atoms with Gasteiger partial charge in [0.1, 0.15) is 5.92 Å². The Kier molecular flexibility index (Phi) is 3.38. The van der Waals surface area contributed by atoms with E-state index < -0.39 is 5.92 Å². The first-order valence-electron chi connectivity index (χ1n) is 7.43. The van der Waals surface area contributed by atoms with Gasteiger partial charge in [-0.3, -0.25) is 9.59 Å². The van der Waals surface area contributed by atoms with Crippen molar-refractivity contribution in [2.75, 3.05) is 11.4 Å². The lowest BCUT2D eigenvalue weighted by atomic mass is 10.0. The highest BCUT2D eigenvalue weighted by Gasteiger charge is 2.34. The Morgan fingerprint density at radius 1 is 1.22 bits per heavy atom. The van der Waals surface area contributed by atoms with Gasteiger partial charge in [0.15, 0.2) is 0 Å². The molecule has 2 aromatic rings. The third kappa shape index (κ3) is 2.41. The molecular formula is C18H13BrN2O2. The highest BCUT2D eigenvalue weighted by atomic mass is 79.9. The van der Waals surface area contributed by atoms with Crippen LogP contribution in [-0.4, -0.2) is 18.4 Å². The minimum absolute atomic E-state index is 0.200. The lowest BCUT2D eigenvalue weighted by Crippen LogP contribution is -2.42. The Hall–Kier alpha value is -2.27. The van der Waals surface area contributed by atoms with Crippen molar-refractivity contribution in [3.63, 3.8) is 0 Å². The Bertz CT molecular complexity index is 952. The van der Waals surface area contributed by atoms with Crippen LogP contribution in [0.3, 0.4) is 0 Å². The van der Waals surface area contributed by atoms with Gasteiger partial charge >= 0.3 is 0 Å². The summed E-state index contributed by atoms with van der Waals surface area (Å²) < 4.78 is 0.995. The molecule has 23 heavy (non-hydrogen) atoms. The maximum absolute atomic E-state index is 12.9. The minimum Gasteiger partial charge on any atom is -0.311 e. The third-order valence-corrected chi connectivity index (χ3v) is 4.74. The number of hydrogen-bond acceptors (Lipinski definition) is 2. The first kappa shape index (κ1) is 14.3. The second kappa shape index (κ2) is 5.42. The molecule has 4 nitrogen and oxygen atoms in total. The maximum atomic E-state index is 12.9.